The van der Waals surface area contributed by atoms with Gasteiger partial charge >= 0.3 is 0 Å². The summed E-state index contributed by atoms with van der Waals surface area (Å²) in [5.74, 6) is 1.06. The second kappa shape index (κ2) is 8.41. The van der Waals surface area contributed by atoms with Gasteiger partial charge in [0.1, 0.15) is 11.6 Å². The lowest BCUT2D eigenvalue weighted by atomic mass is 10.3. The van der Waals surface area contributed by atoms with Gasteiger partial charge in [0, 0.05) is 25.7 Å². The molecule has 0 aliphatic rings. The molecule has 0 bridgehead atoms. The zero-order chi connectivity index (χ0) is 15.8. The van der Waals surface area contributed by atoms with Crippen LogP contribution < -0.4 is 10.6 Å². The largest absolute Gasteiger partial charge is 0.370 e. The average Bonchev–Trinajstić information content (AvgIpc) is 2.44. The first-order valence-corrected chi connectivity index (χ1v) is 7.28. The third-order valence-electron chi connectivity index (χ3n) is 3.23. The van der Waals surface area contributed by atoms with E-state index in [-0.39, 0.29) is 5.69 Å². The molecule has 1 aromatic rings. The summed E-state index contributed by atoms with van der Waals surface area (Å²) in [6.07, 6.45) is 0.937. The Morgan fingerprint density at radius 3 is 2.33 bits per heavy atom. The Balaban J connectivity index is 2.71. The number of likely N-dealkylation sites (N-methyl/N-ethyl adjacent to an activating group) is 1. The number of rotatable bonds is 9. The van der Waals surface area contributed by atoms with E-state index in [1.54, 1.807) is 0 Å². The van der Waals surface area contributed by atoms with Crippen LogP contribution in [0, 0.1) is 10.1 Å². The monoisotopic (exact) mass is 295 g/mol. The summed E-state index contributed by atoms with van der Waals surface area (Å²) in [5.41, 5.74) is 0.0447. The summed E-state index contributed by atoms with van der Waals surface area (Å²) in [7, 11) is 2.04. The molecule has 0 aliphatic heterocycles. The Labute approximate surface area is 125 Å². The first kappa shape index (κ1) is 17.2. The van der Waals surface area contributed by atoms with Crippen molar-refractivity contribution >= 4 is 17.3 Å². The minimum Gasteiger partial charge on any atom is -0.370 e. The van der Waals surface area contributed by atoms with Crippen molar-refractivity contribution in [1.29, 1.82) is 0 Å². The molecule has 0 amide bonds. The van der Waals surface area contributed by atoms with Crippen LogP contribution >= 0.6 is 0 Å². The maximum absolute atomic E-state index is 11.0. The molecule has 0 radical (unpaired) electrons. The van der Waals surface area contributed by atoms with E-state index in [1.165, 1.54) is 12.1 Å². The van der Waals surface area contributed by atoms with E-state index in [9.17, 15) is 10.1 Å². The van der Waals surface area contributed by atoms with E-state index < -0.39 is 4.92 Å². The van der Waals surface area contributed by atoms with Gasteiger partial charge in [-0.05, 0) is 27.3 Å². The van der Waals surface area contributed by atoms with Crippen molar-refractivity contribution in [2.24, 2.45) is 0 Å². The maximum Gasteiger partial charge on any atom is 0.276 e. The number of nitrogens with zero attached hydrogens (tertiary/aromatic N) is 3. The van der Waals surface area contributed by atoms with Crippen LogP contribution in [-0.4, -0.2) is 47.5 Å². The highest BCUT2D eigenvalue weighted by molar-refractivity contribution is 5.54. The molecule has 0 aromatic carbocycles. The van der Waals surface area contributed by atoms with Crippen LogP contribution in [0.3, 0.4) is 0 Å². The summed E-state index contributed by atoms with van der Waals surface area (Å²) in [6, 6.07) is 3.39. The van der Waals surface area contributed by atoms with Gasteiger partial charge in [-0.2, -0.15) is 0 Å². The second-order valence-electron chi connectivity index (χ2n) is 5.28. The SMILES string of the molecule is CCCNc1cc([N+](=O)[O-])cc(NCCN(C)C(C)C)n1. The lowest BCUT2D eigenvalue weighted by Gasteiger charge is -2.21. The fourth-order valence-corrected chi connectivity index (χ4v) is 1.67. The number of pyridine rings is 1. The van der Waals surface area contributed by atoms with Crippen molar-refractivity contribution in [3.05, 3.63) is 22.2 Å². The predicted molar refractivity (Wildman–Crippen MR) is 85.9 cm³/mol. The Hall–Kier alpha value is -1.89. The zero-order valence-corrected chi connectivity index (χ0v) is 13.2. The van der Waals surface area contributed by atoms with Crippen LogP contribution in [0.1, 0.15) is 27.2 Å². The number of nitrogens with one attached hydrogen (secondary N) is 2. The molecule has 2 N–H and O–H groups in total. The molecule has 118 valence electrons. The first-order valence-electron chi connectivity index (χ1n) is 7.28. The molecule has 0 saturated heterocycles. The Bertz CT molecular complexity index is 465. The molecule has 0 spiro atoms. The smallest absolute Gasteiger partial charge is 0.276 e. The molecular weight excluding hydrogens is 270 g/mol. The van der Waals surface area contributed by atoms with E-state index in [2.05, 4.69) is 34.4 Å². The predicted octanol–water partition coefficient (Wildman–Crippen LogP) is 2.56. The van der Waals surface area contributed by atoms with Gasteiger partial charge in [0.15, 0.2) is 0 Å². The van der Waals surface area contributed by atoms with Crippen molar-refractivity contribution in [3.8, 4) is 0 Å². The second-order valence-corrected chi connectivity index (χ2v) is 5.28. The van der Waals surface area contributed by atoms with Gasteiger partial charge in [0.2, 0.25) is 0 Å². The van der Waals surface area contributed by atoms with Gasteiger partial charge in [-0.15, -0.1) is 0 Å². The average molecular weight is 295 g/mol. The highest BCUT2D eigenvalue weighted by Crippen LogP contribution is 2.20. The zero-order valence-electron chi connectivity index (χ0n) is 13.2. The molecule has 0 unspecified atom stereocenters. The fraction of sp³-hybridized carbons (Fsp3) is 0.643. The van der Waals surface area contributed by atoms with Crippen molar-refractivity contribution in [3.63, 3.8) is 0 Å². The van der Waals surface area contributed by atoms with Gasteiger partial charge in [-0.25, -0.2) is 4.98 Å². The fourth-order valence-electron chi connectivity index (χ4n) is 1.67. The molecule has 1 heterocycles. The first-order chi connectivity index (χ1) is 9.93. The van der Waals surface area contributed by atoms with Gasteiger partial charge in [-0.1, -0.05) is 6.92 Å². The van der Waals surface area contributed by atoms with Gasteiger partial charge in [0.25, 0.3) is 5.69 Å². The van der Waals surface area contributed by atoms with Crippen LogP contribution in [0.4, 0.5) is 17.3 Å². The standard InChI is InChI=1S/C14H25N5O2/c1-5-6-15-13-9-12(19(20)21)10-14(17-13)16-7-8-18(4)11(2)3/h9-11H,5-8H2,1-4H3,(H2,15,16,17). The molecule has 0 fully saturated rings. The van der Waals surface area contributed by atoms with Crippen LogP contribution in [0.25, 0.3) is 0 Å². The highest BCUT2D eigenvalue weighted by Gasteiger charge is 2.11. The van der Waals surface area contributed by atoms with Gasteiger partial charge in [-0.3, -0.25) is 10.1 Å². The molecule has 1 aromatic heterocycles. The molecule has 0 aliphatic carbocycles. The minimum absolute atomic E-state index is 0.0447. The van der Waals surface area contributed by atoms with Crippen molar-refractivity contribution in [2.45, 2.75) is 33.2 Å². The normalized spacial score (nSPS) is 11.0. The Morgan fingerprint density at radius 1 is 1.29 bits per heavy atom. The van der Waals surface area contributed by atoms with Crippen LogP contribution in [-0.2, 0) is 0 Å². The van der Waals surface area contributed by atoms with E-state index in [0.717, 1.165) is 19.5 Å². The Kier molecular flexibility index (Phi) is 6.87. The van der Waals surface area contributed by atoms with Gasteiger partial charge in [0.05, 0.1) is 17.1 Å². The summed E-state index contributed by atoms with van der Waals surface area (Å²) in [4.78, 5) is 17.1. The molecule has 0 saturated carbocycles. The number of anilines is 2. The number of hydrogen-bond acceptors (Lipinski definition) is 6. The molecule has 0 atom stereocenters. The minimum atomic E-state index is -0.399. The van der Waals surface area contributed by atoms with E-state index >= 15 is 0 Å². The number of nitro groups is 1. The maximum atomic E-state index is 11.0. The van der Waals surface area contributed by atoms with E-state index in [1.807, 2.05) is 14.0 Å². The quantitative estimate of drug-likeness (QED) is 0.538. The third kappa shape index (κ3) is 5.95. The lowest BCUT2D eigenvalue weighted by Crippen LogP contribution is -2.31. The highest BCUT2D eigenvalue weighted by atomic mass is 16.6. The summed E-state index contributed by atoms with van der Waals surface area (Å²) in [5, 5.41) is 17.2. The van der Waals surface area contributed by atoms with Crippen LogP contribution in [0.2, 0.25) is 0 Å². The topological polar surface area (TPSA) is 83.3 Å². The van der Waals surface area contributed by atoms with E-state index in [0.29, 0.717) is 24.2 Å². The summed E-state index contributed by atoms with van der Waals surface area (Å²) < 4.78 is 0. The van der Waals surface area contributed by atoms with Crippen molar-refractivity contribution < 1.29 is 4.92 Å². The Morgan fingerprint density at radius 2 is 1.86 bits per heavy atom. The lowest BCUT2D eigenvalue weighted by molar-refractivity contribution is -0.384. The molecule has 21 heavy (non-hydrogen) atoms. The molecular formula is C14H25N5O2. The molecule has 1 rings (SSSR count). The van der Waals surface area contributed by atoms with Crippen molar-refractivity contribution in [1.82, 2.24) is 9.88 Å². The third-order valence-corrected chi connectivity index (χ3v) is 3.23. The van der Waals surface area contributed by atoms with Gasteiger partial charge < -0.3 is 15.5 Å². The summed E-state index contributed by atoms with van der Waals surface area (Å²) >= 11 is 0. The molecule has 7 nitrogen and oxygen atoms in total. The number of aromatic nitrogens is 1. The summed E-state index contributed by atoms with van der Waals surface area (Å²) in [6.45, 7) is 8.56. The number of hydrogen-bond donors (Lipinski definition) is 2. The van der Waals surface area contributed by atoms with Crippen LogP contribution in [0.15, 0.2) is 12.1 Å². The van der Waals surface area contributed by atoms with Crippen LogP contribution in [0.5, 0.6) is 0 Å². The van der Waals surface area contributed by atoms with Crippen molar-refractivity contribution in [2.75, 3.05) is 37.3 Å². The molecule has 7 heteroatoms. The van der Waals surface area contributed by atoms with E-state index in [4.69, 9.17) is 0 Å².